The minimum Gasteiger partial charge on any atom is -0.497 e. The Morgan fingerprint density at radius 2 is 1.88 bits per heavy atom. The van der Waals surface area contributed by atoms with Crippen LogP contribution in [0, 0.1) is 5.92 Å². The Morgan fingerprint density at radius 1 is 1.19 bits per heavy atom. The molecule has 0 bridgehead atoms. The van der Waals surface area contributed by atoms with E-state index in [9.17, 15) is 4.79 Å². The Morgan fingerprint density at radius 3 is 2.44 bits per heavy atom. The molecule has 2 heteroatoms. The molecule has 1 saturated carbocycles. The largest absolute Gasteiger partial charge is 0.497 e. The van der Waals surface area contributed by atoms with E-state index < -0.39 is 0 Å². The molecular weight excluding hydrogens is 200 g/mol. The van der Waals surface area contributed by atoms with Gasteiger partial charge in [-0.1, -0.05) is 19.1 Å². The summed E-state index contributed by atoms with van der Waals surface area (Å²) in [6.45, 7) is 2.15. The third-order valence-corrected chi connectivity index (χ3v) is 3.40. The Bertz CT molecular complexity index is 367. The predicted molar refractivity (Wildman–Crippen MR) is 63.8 cm³/mol. The quantitative estimate of drug-likeness (QED) is 0.762. The van der Waals surface area contributed by atoms with Crippen LogP contribution >= 0.6 is 0 Å². The van der Waals surface area contributed by atoms with Crippen LogP contribution in [-0.2, 0) is 4.79 Å². The first-order chi connectivity index (χ1) is 7.70. The molecule has 1 aliphatic carbocycles. The van der Waals surface area contributed by atoms with Crippen LogP contribution in [0.5, 0.6) is 5.75 Å². The maximum Gasteiger partial charge on any atom is 0.140 e. The molecule has 0 radical (unpaired) electrons. The van der Waals surface area contributed by atoms with Gasteiger partial charge in [0.2, 0.25) is 0 Å². The average Bonchev–Trinajstić information content (AvgIpc) is 2.29. The van der Waals surface area contributed by atoms with E-state index in [0.717, 1.165) is 30.6 Å². The number of carbonyl (C=O) groups is 1. The van der Waals surface area contributed by atoms with Crippen molar-refractivity contribution in [3.8, 4) is 5.75 Å². The van der Waals surface area contributed by atoms with Crippen molar-refractivity contribution in [2.45, 2.75) is 32.1 Å². The second-order valence-corrected chi connectivity index (χ2v) is 4.68. The van der Waals surface area contributed by atoms with Crippen LogP contribution in [0.3, 0.4) is 0 Å². The lowest BCUT2D eigenvalue weighted by atomic mass is 9.78. The minimum absolute atomic E-state index is 0.113. The number of hydrogen-bond donors (Lipinski definition) is 0. The van der Waals surface area contributed by atoms with Crippen LogP contribution in [0.2, 0.25) is 0 Å². The summed E-state index contributed by atoms with van der Waals surface area (Å²) in [4.78, 5) is 11.9. The van der Waals surface area contributed by atoms with Crippen molar-refractivity contribution in [3.63, 3.8) is 0 Å². The lowest BCUT2D eigenvalue weighted by Gasteiger charge is -2.25. The standard InChI is InChI=1S/C14H18O2/c1-10-3-8-13(14(15)9-10)11-4-6-12(16-2)7-5-11/h4-7,10,13H,3,8-9H2,1-2H3/t10-,13+/m1/s1. The lowest BCUT2D eigenvalue weighted by molar-refractivity contribution is -0.123. The molecule has 1 aromatic carbocycles. The molecular formula is C14H18O2. The second-order valence-electron chi connectivity index (χ2n) is 4.68. The van der Waals surface area contributed by atoms with E-state index in [-0.39, 0.29) is 5.92 Å². The Hall–Kier alpha value is -1.31. The SMILES string of the molecule is COc1ccc([C@@H]2CC[C@@H](C)CC2=O)cc1. The van der Waals surface area contributed by atoms with Crippen LogP contribution in [0.4, 0.5) is 0 Å². The van der Waals surface area contributed by atoms with Crippen LogP contribution in [-0.4, -0.2) is 12.9 Å². The number of hydrogen-bond acceptors (Lipinski definition) is 2. The number of methoxy groups -OCH3 is 1. The van der Waals surface area contributed by atoms with E-state index in [1.165, 1.54) is 0 Å². The first-order valence-corrected chi connectivity index (χ1v) is 5.87. The van der Waals surface area contributed by atoms with E-state index in [0.29, 0.717) is 11.7 Å². The molecule has 16 heavy (non-hydrogen) atoms. The zero-order chi connectivity index (χ0) is 11.5. The highest BCUT2D eigenvalue weighted by molar-refractivity contribution is 5.86. The number of Topliss-reactive ketones (excluding diaryl/α,β-unsaturated/α-hetero) is 1. The molecule has 0 saturated heterocycles. The Balaban J connectivity index is 2.14. The monoisotopic (exact) mass is 218 g/mol. The van der Waals surface area contributed by atoms with E-state index >= 15 is 0 Å². The van der Waals surface area contributed by atoms with Crippen LogP contribution in [0.1, 0.15) is 37.7 Å². The molecule has 2 atom stereocenters. The van der Waals surface area contributed by atoms with Crippen molar-refractivity contribution >= 4 is 5.78 Å². The van der Waals surface area contributed by atoms with Crippen LogP contribution in [0.15, 0.2) is 24.3 Å². The molecule has 0 unspecified atom stereocenters. The highest BCUT2D eigenvalue weighted by Crippen LogP contribution is 2.33. The van der Waals surface area contributed by atoms with Gasteiger partial charge in [-0.2, -0.15) is 0 Å². The Kier molecular flexibility index (Phi) is 3.28. The molecule has 0 heterocycles. The summed E-state index contributed by atoms with van der Waals surface area (Å²) in [5.41, 5.74) is 1.14. The van der Waals surface area contributed by atoms with Crippen molar-refractivity contribution < 1.29 is 9.53 Å². The number of ether oxygens (including phenoxy) is 1. The molecule has 0 spiro atoms. The summed E-state index contributed by atoms with van der Waals surface area (Å²) in [5, 5.41) is 0. The average molecular weight is 218 g/mol. The van der Waals surface area contributed by atoms with E-state index in [2.05, 4.69) is 6.92 Å². The topological polar surface area (TPSA) is 26.3 Å². The van der Waals surface area contributed by atoms with Crippen molar-refractivity contribution in [3.05, 3.63) is 29.8 Å². The van der Waals surface area contributed by atoms with Gasteiger partial charge >= 0.3 is 0 Å². The van der Waals surface area contributed by atoms with Crippen molar-refractivity contribution in [1.82, 2.24) is 0 Å². The van der Waals surface area contributed by atoms with Gasteiger partial charge in [0.15, 0.2) is 0 Å². The van der Waals surface area contributed by atoms with E-state index in [1.54, 1.807) is 7.11 Å². The van der Waals surface area contributed by atoms with E-state index in [4.69, 9.17) is 4.74 Å². The summed E-state index contributed by atoms with van der Waals surface area (Å²) in [6.07, 6.45) is 2.88. The molecule has 0 N–H and O–H groups in total. The smallest absolute Gasteiger partial charge is 0.140 e. The fourth-order valence-electron chi connectivity index (χ4n) is 2.39. The number of carbonyl (C=O) groups excluding carboxylic acids is 1. The second kappa shape index (κ2) is 4.69. The van der Waals surface area contributed by atoms with Crippen molar-refractivity contribution in [2.24, 2.45) is 5.92 Å². The van der Waals surface area contributed by atoms with Crippen LogP contribution < -0.4 is 4.74 Å². The fourth-order valence-corrected chi connectivity index (χ4v) is 2.39. The maximum atomic E-state index is 11.9. The summed E-state index contributed by atoms with van der Waals surface area (Å²) in [6, 6.07) is 7.88. The van der Waals surface area contributed by atoms with Gasteiger partial charge in [-0.05, 0) is 36.5 Å². The molecule has 0 aromatic heterocycles. The number of rotatable bonds is 2. The number of ketones is 1. The molecule has 1 aromatic rings. The molecule has 2 rings (SSSR count). The van der Waals surface area contributed by atoms with Gasteiger partial charge in [-0.3, -0.25) is 4.79 Å². The molecule has 1 aliphatic rings. The molecule has 0 aliphatic heterocycles. The van der Waals surface area contributed by atoms with Gasteiger partial charge in [0, 0.05) is 12.3 Å². The maximum absolute atomic E-state index is 11.9. The third kappa shape index (κ3) is 2.26. The van der Waals surface area contributed by atoms with Gasteiger partial charge in [0.1, 0.15) is 11.5 Å². The van der Waals surface area contributed by atoms with Gasteiger partial charge in [-0.25, -0.2) is 0 Å². The molecule has 86 valence electrons. The fraction of sp³-hybridized carbons (Fsp3) is 0.500. The third-order valence-electron chi connectivity index (χ3n) is 3.40. The summed E-state index contributed by atoms with van der Waals surface area (Å²) in [7, 11) is 1.66. The summed E-state index contributed by atoms with van der Waals surface area (Å²) in [5.74, 6) is 1.91. The van der Waals surface area contributed by atoms with Gasteiger partial charge in [0.25, 0.3) is 0 Å². The first-order valence-electron chi connectivity index (χ1n) is 5.87. The molecule has 2 nitrogen and oxygen atoms in total. The van der Waals surface area contributed by atoms with Gasteiger partial charge in [0.05, 0.1) is 7.11 Å². The lowest BCUT2D eigenvalue weighted by Crippen LogP contribution is -2.21. The highest BCUT2D eigenvalue weighted by atomic mass is 16.5. The van der Waals surface area contributed by atoms with Crippen molar-refractivity contribution in [2.75, 3.05) is 7.11 Å². The molecule has 0 amide bonds. The summed E-state index contributed by atoms with van der Waals surface area (Å²) < 4.78 is 5.12. The van der Waals surface area contributed by atoms with Gasteiger partial charge < -0.3 is 4.74 Å². The van der Waals surface area contributed by atoms with Gasteiger partial charge in [-0.15, -0.1) is 0 Å². The summed E-state index contributed by atoms with van der Waals surface area (Å²) >= 11 is 0. The first kappa shape index (κ1) is 11.2. The van der Waals surface area contributed by atoms with E-state index in [1.807, 2.05) is 24.3 Å². The highest BCUT2D eigenvalue weighted by Gasteiger charge is 2.27. The predicted octanol–water partition coefficient (Wildman–Crippen LogP) is 3.17. The zero-order valence-corrected chi connectivity index (χ0v) is 9.90. The van der Waals surface area contributed by atoms with Crippen LogP contribution in [0.25, 0.3) is 0 Å². The zero-order valence-electron chi connectivity index (χ0n) is 9.90. The normalized spacial score (nSPS) is 25.5. The minimum atomic E-state index is 0.113. The molecule has 1 fully saturated rings. The Labute approximate surface area is 96.6 Å². The van der Waals surface area contributed by atoms with Crippen molar-refractivity contribution in [1.29, 1.82) is 0 Å². The number of benzene rings is 1.